The minimum atomic E-state index is -2.02. The van der Waals surface area contributed by atoms with Crippen LogP contribution in [0.1, 0.15) is 46.5 Å². The number of likely N-dealkylation sites (N-methyl/N-ethyl adjacent to an activating group) is 1. The number of rotatable bonds is 11. The van der Waals surface area contributed by atoms with E-state index < -0.39 is 84.9 Å². The average molecular weight is 595 g/mol. The van der Waals surface area contributed by atoms with Gasteiger partial charge in [-0.25, -0.2) is 0 Å². The summed E-state index contributed by atoms with van der Waals surface area (Å²) in [5.41, 5.74) is 10.2. The van der Waals surface area contributed by atoms with Crippen molar-refractivity contribution in [3.63, 3.8) is 0 Å². The zero-order valence-corrected chi connectivity index (χ0v) is 24.2. The van der Waals surface area contributed by atoms with E-state index in [1.165, 1.54) is 6.92 Å². The van der Waals surface area contributed by atoms with Gasteiger partial charge in [-0.1, -0.05) is 13.8 Å². The molecule has 15 heteroatoms. The molecule has 0 aromatic heterocycles. The third-order valence-electron chi connectivity index (χ3n) is 8.49. The van der Waals surface area contributed by atoms with Crippen molar-refractivity contribution in [2.75, 3.05) is 20.2 Å². The molecule has 6 unspecified atom stereocenters. The number of ether oxygens (including phenoxy) is 4. The van der Waals surface area contributed by atoms with E-state index in [1.54, 1.807) is 14.0 Å². The predicted molar refractivity (Wildman–Crippen MR) is 144 cm³/mol. The number of carbonyl (C=O) groups excluding carboxylic acids is 1. The molecular formula is C26H50N4O11. The summed E-state index contributed by atoms with van der Waals surface area (Å²) in [5, 5.41) is 68.8. The number of aliphatic hydroxyl groups excluding tert-OH is 5. The van der Waals surface area contributed by atoms with E-state index in [-0.39, 0.29) is 31.6 Å². The van der Waals surface area contributed by atoms with E-state index in [2.05, 4.69) is 10.6 Å². The molecule has 1 amide bonds. The second kappa shape index (κ2) is 14.6. The summed E-state index contributed by atoms with van der Waals surface area (Å²) in [6, 6.07) is -2.20. The molecule has 0 aromatic carbocycles. The lowest BCUT2D eigenvalue weighted by Gasteiger charge is -2.49. The van der Waals surface area contributed by atoms with Gasteiger partial charge >= 0.3 is 0 Å². The van der Waals surface area contributed by atoms with Crippen LogP contribution in [-0.4, -0.2) is 142 Å². The number of carbonyl (C=O) groups is 1. The van der Waals surface area contributed by atoms with E-state index in [0.29, 0.717) is 6.42 Å². The van der Waals surface area contributed by atoms with Gasteiger partial charge in [0.05, 0.1) is 43.0 Å². The van der Waals surface area contributed by atoms with Crippen molar-refractivity contribution in [3.8, 4) is 0 Å². The van der Waals surface area contributed by atoms with Crippen molar-refractivity contribution in [2.24, 2.45) is 17.4 Å². The number of hydrogen-bond donors (Lipinski definition) is 10. The molecule has 2 heterocycles. The molecule has 1 saturated carbocycles. The molecule has 0 bridgehead atoms. The molecule has 0 aromatic rings. The van der Waals surface area contributed by atoms with Crippen LogP contribution < -0.4 is 22.1 Å². The first kappa shape index (κ1) is 34.4. The SMILES string of the molecule is CC[C@@H]1CCC(N)[C@@H](OC2C(O)C(O[C@H]3OCC(C)(O)[C@H](NC)C3O)[C@H](NC(=O)[C@@H](O)[C@@H](O)[C@@H](O)CN)C[C@@H]2C)O1. The fourth-order valence-electron chi connectivity index (χ4n) is 5.92. The van der Waals surface area contributed by atoms with Crippen molar-refractivity contribution in [1.82, 2.24) is 10.6 Å². The van der Waals surface area contributed by atoms with Gasteiger partial charge in [0.2, 0.25) is 0 Å². The summed E-state index contributed by atoms with van der Waals surface area (Å²) in [4.78, 5) is 12.9. The Hall–Kier alpha value is -1.05. The molecular weight excluding hydrogens is 544 g/mol. The van der Waals surface area contributed by atoms with Crippen molar-refractivity contribution in [3.05, 3.63) is 0 Å². The maximum atomic E-state index is 12.9. The first-order valence-electron chi connectivity index (χ1n) is 14.4. The molecule has 240 valence electrons. The molecule has 3 rings (SSSR count). The number of hydrogen-bond acceptors (Lipinski definition) is 14. The lowest BCUT2D eigenvalue weighted by atomic mass is 9.79. The Morgan fingerprint density at radius 1 is 1.12 bits per heavy atom. The third kappa shape index (κ3) is 7.92. The topological polar surface area (TPSA) is 251 Å². The number of nitrogens with two attached hydrogens (primary N) is 2. The van der Waals surface area contributed by atoms with Gasteiger partial charge in [-0.05, 0) is 45.6 Å². The molecule has 3 fully saturated rings. The van der Waals surface area contributed by atoms with Crippen LogP contribution in [0.25, 0.3) is 0 Å². The molecule has 1 aliphatic carbocycles. The fourth-order valence-corrected chi connectivity index (χ4v) is 5.92. The highest BCUT2D eigenvalue weighted by Gasteiger charge is 2.52. The Labute approximate surface area is 240 Å². The highest BCUT2D eigenvalue weighted by molar-refractivity contribution is 5.81. The minimum Gasteiger partial charge on any atom is -0.389 e. The Bertz CT molecular complexity index is 841. The Morgan fingerprint density at radius 3 is 2.39 bits per heavy atom. The van der Waals surface area contributed by atoms with E-state index in [0.717, 1.165) is 12.8 Å². The third-order valence-corrected chi connectivity index (χ3v) is 8.49. The van der Waals surface area contributed by atoms with Crippen LogP contribution in [0.4, 0.5) is 0 Å². The molecule has 0 spiro atoms. The van der Waals surface area contributed by atoms with Crippen LogP contribution in [0.3, 0.4) is 0 Å². The molecule has 0 radical (unpaired) electrons. The van der Waals surface area contributed by atoms with Crippen molar-refractivity contribution in [2.45, 2.75) is 132 Å². The van der Waals surface area contributed by atoms with Gasteiger partial charge in [0.25, 0.3) is 5.91 Å². The normalized spacial score (nSPS) is 44.1. The van der Waals surface area contributed by atoms with E-state index >= 15 is 0 Å². The van der Waals surface area contributed by atoms with Crippen LogP contribution in [0.2, 0.25) is 0 Å². The van der Waals surface area contributed by atoms with Gasteiger partial charge < -0.3 is 71.7 Å². The molecule has 2 saturated heterocycles. The van der Waals surface area contributed by atoms with Gasteiger partial charge in [-0.15, -0.1) is 0 Å². The highest BCUT2D eigenvalue weighted by Crippen LogP contribution is 2.35. The summed E-state index contributed by atoms with van der Waals surface area (Å²) in [6.07, 6.45) is -9.93. The van der Waals surface area contributed by atoms with Gasteiger partial charge in [0.1, 0.15) is 30.0 Å². The summed E-state index contributed by atoms with van der Waals surface area (Å²) in [5.74, 6) is -1.39. The number of aliphatic hydroxyl groups is 6. The summed E-state index contributed by atoms with van der Waals surface area (Å²) in [7, 11) is 1.56. The van der Waals surface area contributed by atoms with Crippen LogP contribution in [0.15, 0.2) is 0 Å². The smallest absolute Gasteiger partial charge is 0.251 e. The largest absolute Gasteiger partial charge is 0.389 e. The van der Waals surface area contributed by atoms with Crippen molar-refractivity contribution >= 4 is 5.91 Å². The number of amides is 1. The summed E-state index contributed by atoms with van der Waals surface area (Å²) >= 11 is 0. The second-order valence-electron chi connectivity index (χ2n) is 11.8. The quantitative estimate of drug-likeness (QED) is 0.109. The van der Waals surface area contributed by atoms with E-state index in [4.69, 9.17) is 30.4 Å². The lowest BCUT2D eigenvalue weighted by molar-refractivity contribution is -0.311. The monoisotopic (exact) mass is 594 g/mol. The Kier molecular flexibility index (Phi) is 12.3. The molecule has 2 aliphatic heterocycles. The number of nitrogens with one attached hydrogen (secondary N) is 2. The predicted octanol–water partition coefficient (Wildman–Crippen LogP) is -4.02. The summed E-state index contributed by atoms with van der Waals surface area (Å²) in [6.45, 7) is 4.72. The molecule has 41 heavy (non-hydrogen) atoms. The van der Waals surface area contributed by atoms with Crippen LogP contribution in [-0.2, 0) is 23.7 Å². The fraction of sp³-hybridized carbons (Fsp3) is 0.962. The van der Waals surface area contributed by atoms with Gasteiger partial charge in [0, 0.05) is 6.54 Å². The lowest BCUT2D eigenvalue weighted by Crippen LogP contribution is -2.68. The molecule has 3 aliphatic rings. The minimum absolute atomic E-state index is 0.0382. The zero-order valence-electron chi connectivity index (χ0n) is 24.2. The maximum Gasteiger partial charge on any atom is 0.251 e. The van der Waals surface area contributed by atoms with Crippen LogP contribution in [0.5, 0.6) is 0 Å². The van der Waals surface area contributed by atoms with Crippen LogP contribution in [0, 0.1) is 5.92 Å². The van der Waals surface area contributed by atoms with E-state index in [1.807, 2.05) is 6.92 Å². The van der Waals surface area contributed by atoms with Gasteiger partial charge in [0.15, 0.2) is 18.7 Å². The average Bonchev–Trinajstić information content (AvgIpc) is 2.93. The zero-order chi connectivity index (χ0) is 30.6. The van der Waals surface area contributed by atoms with E-state index in [9.17, 15) is 35.4 Å². The standard InChI is InChI=1S/C26H50N4O11/c1-5-12-6-7-13(28)24(39-12)40-20-11(2)8-14(30-23(36)17(33)16(32)15(31)9-27)21(18(20)34)41-25-19(35)22(29-4)26(3,37)10-38-25/h11-22,24-25,29,31-35,37H,5-10,27-28H2,1-4H3,(H,30,36)/t11-,12+,13?,14+,15-,16-,17-,18?,19?,20?,21?,22+,24+,25+,26?/m0/s1. The molecule has 15 atom stereocenters. The molecule has 15 nitrogen and oxygen atoms in total. The first-order valence-corrected chi connectivity index (χ1v) is 14.4. The molecule has 12 N–H and O–H groups in total. The first-order chi connectivity index (χ1) is 19.2. The van der Waals surface area contributed by atoms with Gasteiger partial charge in [-0.2, -0.15) is 0 Å². The highest BCUT2D eigenvalue weighted by atomic mass is 16.7. The van der Waals surface area contributed by atoms with Gasteiger partial charge in [-0.3, -0.25) is 4.79 Å². The Morgan fingerprint density at radius 2 is 1.78 bits per heavy atom. The second-order valence-corrected chi connectivity index (χ2v) is 11.8. The van der Waals surface area contributed by atoms with Crippen LogP contribution >= 0.6 is 0 Å². The van der Waals surface area contributed by atoms with Crippen molar-refractivity contribution < 1.29 is 54.4 Å². The van der Waals surface area contributed by atoms with Crippen molar-refractivity contribution in [1.29, 1.82) is 0 Å². The Balaban J connectivity index is 1.83. The summed E-state index contributed by atoms with van der Waals surface area (Å²) < 4.78 is 24.0. The maximum absolute atomic E-state index is 12.9.